The predicted molar refractivity (Wildman–Crippen MR) is 94.5 cm³/mol. The minimum atomic E-state index is -3.73. The lowest BCUT2D eigenvalue weighted by Gasteiger charge is -2.09. The fourth-order valence-electron chi connectivity index (χ4n) is 2.49. The lowest BCUT2D eigenvalue weighted by molar-refractivity contribution is 0.585. The van der Waals surface area contributed by atoms with Crippen LogP contribution in [0.25, 0.3) is 0 Å². The number of sulfonamides is 1. The smallest absolute Gasteiger partial charge is 0.263 e. The third-order valence-corrected chi connectivity index (χ3v) is 5.30. The number of aryl methyl sites for hydroxylation is 2. The summed E-state index contributed by atoms with van der Waals surface area (Å²) < 4.78 is 42.8. The van der Waals surface area contributed by atoms with E-state index in [0.717, 1.165) is 5.56 Å². The molecule has 2 aromatic carbocycles. The Kier molecular flexibility index (Phi) is 4.59. The van der Waals surface area contributed by atoms with Gasteiger partial charge in [-0.15, -0.1) is 0 Å². The maximum absolute atomic E-state index is 13.7. The Bertz CT molecular complexity index is 1010. The maximum atomic E-state index is 13.7. The number of hydrogen-bond donors (Lipinski definition) is 1. The molecule has 7 heteroatoms. The van der Waals surface area contributed by atoms with Crippen molar-refractivity contribution >= 4 is 15.8 Å². The molecule has 130 valence electrons. The largest absolute Gasteiger partial charge is 0.266 e. The van der Waals surface area contributed by atoms with E-state index in [-0.39, 0.29) is 23.1 Å². The summed E-state index contributed by atoms with van der Waals surface area (Å²) >= 11 is 0. The third-order valence-electron chi connectivity index (χ3n) is 3.80. The Morgan fingerprint density at radius 2 is 1.88 bits per heavy atom. The molecular formula is C18H18FN3O2S. The van der Waals surface area contributed by atoms with Crippen molar-refractivity contribution in [1.82, 2.24) is 9.78 Å². The normalized spacial score (nSPS) is 11.5. The number of anilines is 1. The summed E-state index contributed by atoms with van der Waals surface area (Å²) in [5.41, 5.74) is 1.99. The van der Waals surface area contributed by atoms with E-state index >= 15 is 0 Å². The van der Waals surface area contributed by atoms with Gasteiger partial charge in [0.25, 0.3) is 10.0 Å². The zero-order chi connectivity index (χ0) is 18.0. The first-order valence-corrected chi connectivity index (χ1v) is 9.20. The zero-order valence-corrected chi connectivity index (χ0v) is 14.7. The lowest BCUT2D eigenvalue weighted by atomic mass is 10.2. The quantitative estimate of drug-likeness (QED) is 0.758. The van der Waals surface area contributed by atoms with Crippen LogP contribution in [0.4, 0.5) is 10.2 Å². The molecule has 0 spiro atoms. The predicted octanol–water partition coefficient (Wildman–Crippen LogP) is 3.49. The molecular weight excluding hydrogens is 341 g/mol. The number of benzene rings is 2. The second-order valence-electron chi connectivity index (χ2n) is 5.86. The number of rotatable bonds is 5. The van der Waals surface area contributed by atoms with E-state index in [0.29, 0.717) is 11.1 Å². The van der Waals surface area contributed by atoms with Crippen molar-refractivity contribution in [3.63, 3.8) is 0 Å². The third kappa shape index (κ3) is 3.88. The minimum absolute atomic E-state index is 0.192. The van der Waals surface area contributed by atoms with Crippen LogP contribution in [-0.4, -0.2) is 18.2 Å². The summed E-state index contributed by atoms with van der Waals surface area (Å²) in [5, 5.41) is 4.17. The van der Waals surface area contributed by atoms with Gasteiger partial charge in [-0.3, -0.25) is 9.40 Å². The van der Waals surface area contributed by atoms with E-state index in [1.807, 2.05) is 13.0 Å². The second kappa shape index (κ2) is 6.68. The van der Waals surface area contributed by atoms with Crippen LogP contribution in [0.3, 0.4) is 0 Å². The van der Waals surface area contributed by atoms with E-state index in [1.165, 1.54) is 10.7 Å². The number of aromatic nitrogens is 2. The summed E-state index contributed by atoms with van der Waals surface area (Å²) in [6.07, 6.45) is 1.60. The highest BCUT2D eigenvalue weighted by atomic mass is 32.2. The first kappa shape index (κ1) is 17.2. The summed E-state index contributed by atoms with van der Waals surface area (Å²) in [7, 11) is -3.73. The maximum Gasteiger partial charge on any atom is 0.263 e. The lowest BCUT2D eigenvalue weighted by Crippen LogP contribution is -2.15. The highest BCUT2D eigenvalue weighted by Crippen LogP contribution is 2.20. The molecule has 5 nitrogen and oxygen atoms in total. The molecule has 1 N–H and O–H groups in total. The van der Waals surface area contributed by atoms with Crippen molar-refractivity contribution in [3.05, 3.63) is 77.2 Å². The fraction of sp³-hybridized carbons (Fsp3) is 0.167. The topological polar surface area (TPSA) is 64.0 Å². The zero-order valence-electron chi connectivity index (χ0n) is 13.9. The molecule has 1 heterocycles. The van der Waals surface area contributed by atoms with Crippen LogP contribution in [0, 0.1) is 19.7 Å². The highest BCUT2D eigenvalue weighted by Gasteiger charge is 2.18. The summed E-state index contributed by atoms with van der Waals surface area (Å²) in [5.74, 6) is -0.132. The molecule has 0 radical (unpaired) electrons. The molecule has 0 bridgehead atoms. The van der Waals surface area contributed by atoms with Crippen LogP contribution in [0.15, 0.2) is 59.6 Å². The Hall–Kier alpha value is -2.67. The summed E-state index contributed by atoms with van der Waals surface area (Å²) in [4.78, 5) is 0.219. The molecule has 0 aliphatic carbocycles. The van der Waals surface area contributed by atoms with E-state index in [4.69, 9.17) is 0 Å². The number of nitrogens with one attached hydrogen (secondary N) is 1. The molecule has 25 heavy (non-hydrogen) atoms. The Morgan fingerprint density at radius 3 is 2.64 bits per heavy atom. The van der Waals surface area contributed by atoms with Crippen molar-refractivity contribution in [1.29, 1.82) is 0 Å². The second-order valence-corrected chi connectivity index (χ2v) is 7.52. The van der Waals surface area contributed by atoms with Crippen molar-refractivity contribution < 1.29 is 12.8 Å². The number of hydrogen-bond acceptors (Lipinski definition) is 3. The van der Waals surface area contributed by atoms with Crippen molar-refractivity contribution in [3.8, 4) is 0 Å². The average Bonchev–Trinajstić information content (AvgIpc) is 2.98. The molecule has 3 aromatic rings. The molecule has 0 amide bonds. The molecule has 0 saturated heterocycles. The number of halogens is 1. The van der Waals surface area contributed by atoms with Crippen LogP contribution in [0.5, 0.6) is 0 Å². The highest BCUT2D eigenvalue weighted by molar-refractivity contribution is 7.92. The van der Waals surface area contributed by atoms with Gasteiger partial charge in [0, 0.05) is 17.8 Å². The summed E-state index contributed by atoms with van der Waals surface area (Å²) in [6.45, 7) is 3.80. The van der Waals surface area contributed by atoms with Crippen LogP contribution in [0.2, 0.25) is 0 Å². The SMILES string of the molecule is Cc1ccc(C)c(S(=O)(=O)Nc2ccn(Cc3ccccc3F)n2)c1. The fourth-order valence-corrected chi connectivity index (χ4v) is 3.82. The van der Waals surface area contributed by atoms with Crippen molar-refractivity contribution in [2.45, 2.75) is 25.3 Å². The van der Waals surface area contributed by atoms with Crippen LogP contribution in [-0.2, 0) is 16.6 Å². The molecule has 0 unspecified atom stereocenters. The molecule has 0 aliphatic rings. The molecule has 3 rings (SSSR count). The van der Waals surface area contributed by atoms with Gasteiger partial charge in [0.15, 0.2) is 5.82 Å². The monoisotopic (exact) mass is 359 g/mol. The molecule has 0 fully saturated rings. The minimum Gasteiger partial charge on any atom is -0.266 e. The van der Waals surface area contributed by atoms with Gasteiger partial charge in [0.05, 0.1) is 11.4 Å². The molecule has 0 saturated carbocycles. The van der Waals surface area contributed by atoms with Crippen LogP contribution < -0.4 is 4.72 Å². The number of nitrogens with zero attached hydrogens (tertiary/aromatic N) is 2. The van der Waals surface area contributed by atoms with Gasteiger partial charge in [-0.25, -0.2) is 12.8 Å². The molecule has 1 aromatic heterocycles. The van der Waals surface area contributed by atoms with Gasteiger partial charge in [-0.2, -0.15) is 5.10 Å². The van der Waals surface area contributed by atoms with E-state index in [9.17, 15) is 12.8 Å². The summed E-state index contributed by atoms with van der Waals surface area (Å²) in [6, 6.07) is 13.2. The van der Waals surface area contributed by atoms with Gasteiger partial charge in [0.2, 0.25) is 0 Å². The van der Waals surface area contributed by atoms with Gasteiger partial charge >= 0.3 is 0 Å². The van der Waals surface area contributed by atoms with Gasteiger partial charge in [-0.1, -0.05) is 30.3 Å². The first-order chi connectivity index (χ1) is 11.8. The molecule has 0 aliphatic heterocycles. The van der Waals surface area contributed by atoms with Gasteiger partial charge < -0.3 is 0 Å². The standard InChI is InChI=1S/C18H18FN3O2S/c1-13-7-8-14(2)17(11-13)25(23,24)21-18-9-10-22(20-18)12-15-5-3-4-6-16(15)19/h3-11H,12H2,1-2H3,(H,20,21). The Morgan fingerprint density at radius 1 is 1.12 bits per heavy atom. The molecule has 0 atom stereocenters. The first-order valence-electron chi connectivity index (χ1n) is 7.72. The van der Waals surface area contributed by atoms with E-state index in [1.54, 1.807) is 49.5 Å². The van der Waals surface area contributed by atoms with E-state index in [2.05, 4.69) is 9.82 Å². The van der Waals surface area contributed by atoms with Gasteiger partial charge in [-0.05, 0) is 37.1 Å². The van der Waals surface area contributed by atoms with Crippen molar-refractivity contribution in [2.24, 2.45) is 0 Å². The van der Waals surface area contributed by atoms with Crippen molar-refractivity contribution in [2.75, 3.05) is 4.72 Å². The van der Waals surface area contributed by atoms with Crippen LogP contribution >= 0.6 is 0 Å². The Labute approximate surface area is 146 Å². The van der Waals surface area contributed by atoms with E-state index < -0.39 is 10.0 Å². The van der Waals surface area contributed by atoms with Gasteiger partial charge in [0.1, 0.15) is 5.82 Å². The Balaban J connectivity index is 1.81. The van der Waals surface area contributed by atoms with Crippen LogP contribution in [0.1, 0.15) is 16.7 Å². The average molecular weight is 359 g/mol.